The van der Waals surface area contributed by atoms with Gasteiger partial charge in [-0.05, 0) is 48.6 Å². The summed E-state index contributed by atoms with van der Waals surface area (Å²) < 4.78 is 5.95. The molecule has 0 saturated carbocycles. The second kappa shape index (κ2) is 5.72. The monoisotopic (exact) mass is 240 g/mol. The minimum absolute atomic E-state index is 0.647. The molecule has 0 spiro atoms. The summed E-state index contributed by atoms with van der Waals surface area (Å²) in [7, 11) is 0. The average molecular weight is 240 g/mol. The third-order valence-corrected chi connectivity index (χ3v) is 3.44. The van der Waals surface area contributed by atoms with E-state index in [9.17, 15) is 0 Å². The van der Waals surface area contributed by atoms with Crippen LogP contribution >= 0.6 is 0 Å². The Morgan fingerprint density at radius 2 is 1.61 bits per heavy atom. The molecule has 0 aromatic heterocycles. The van der Waals surface area contributed by atoms with Crippen molar-refractivity contribution >= 4 is 0 Å². The van der Waals surface area contributed by atoms with Crippen LogP contribution in [0.25, 0.3) is 0 Å². The van der Waals surface area contributed by atoms with E-state index >= 15 is 0 Å². The minimum Gasteiger partial charge on any atom is -0.489 e. The second-order valence-corrected chi connectivity index (χ2v) is 4.61. The molecular weight excluding hydrogens is 220 g/mol. The fourth-order valence-corrected chi connectivity index (χ4v) is 2.08. The maximum Gasteiger partial charge on any atom is 0.122 e. The van der Waals surface area contributed by atoms with Crippen molar-refractivity contribution in [2.45, 2.75) is 33.8 Å². The summed E-state index contributed by atoms with van der Waals surface area (Å²) in [5.74, 6) is 0.987. The highest BCUT2D eigenvalue weighted by Gasteiger charge is 2.04. The van der Waals surface area contributed by atoms with E-state index < -0.39 is 0 Å². The molecule has 2 aromatic rings. The van der Waals surface area contributed by atoms with E-state index in [1.54, 1.807) is 0 Å². The van der Waals surface area contributed by atoms with Crippen LogP contribution in [0, 0.1) is 13.8 Å². The van der Waals surface area contributed by atoms with E-state index in [1.807, 2.05) is 12.1 Å². The maximum atomic E-state index is 5.95. The molecule has 0 saturated heterocycles. The quantitative estimate of drug-likeness (QED) is 0.767. The molecule has 1 nitrogen and oxygen atoms in total. The van der Waals surface area contributed by atoms with Gasteiger partial charge in [-0.15, -0.1) is 0 Å². The topological polar surface area (TPSA) is 9.23 Å². The Hall–Kier alpha value is -1.76. The van der Waals surface area contributed by atoms with Crippen molar-refractivity contribution in [1.29, 1.82) is 0 Å². The van der Waals surface area contributed by atoms with Crippen LogP contribution in [0.15, 0.2) is 42.5 Å². The molecular formula is C17H20O. The molecule has 0 atom stereocenters. The first-order valence-electron chi connectivity index (χ1n) is 6.48. The Balaban J connectivity index is 2.14. The molecule has 0 heterocycles. The van der Waals surface area contributed by atoms with Gasteiger partial charge in [0.05, 0.1) is 0 Å². The van der Waals surface area contributed by atoms with Gasteiger partial charge in [-0.3, -0.25) is 0 Å². The summed E-state index contributed by atoms with van der Waals surface area (Å²) >= 11 is 0. The highest BCUT2D eigenvalue weighted by Crippen LogP contribution is 2.22. The predicted octanol–water partition coefficient (Wildman–Crippen LogP) is 4.44. The lowest BCUT2D eigenvalue weighted by Gasteiger charge is -2.12. The van der Waals surface area contributed by atoms with Gasteiger partial charge < -0.3 is 4.74 Å². The normalized spacial score (nSPS) is 10.4. The molecule has 0 amide bonds. The summed E-state index contributed by atoms with van der Waals surface area (Å²) in [6.07, 6.45) is 1.05. The predicted molar refractivity (Wildman–Crippen MR) is 76.1 cm³/mol. The third-order valence-electron chi connectivity index (χ3n) is 3.44. The standard InChI is InChI=1S/C17H20O/c1-4-15-9-5-6-10-16(15)12-18-17-11-7-8-13(2)14(17)3/h5-11H,4,12H2,1-3H3. The van der Waals surface area contributed by atoms with Gasteiger partial charge >= 0.3 is 0 Å². The molecule has 1 heteroatoms. The molecule has 0 N–H and O–H groups in total. The first kappa shape index (κ1) is 12.7. The van der Waals surface area contributed by atoms with Gasteiger partial charge in [-0.25, -0.2) is 0 Å². The van der Waals surface area contributed by atoms with Gasteiger partial charge in [0.1, 0.15) is 12.4 Å². The first-order chi connectivity index (χ1) is 8.72. The number of hydrogen-bond acceptors (Lipinski definition) is 1. The molecule has 2 aromatic carbocycles. The Morgan fingerprint density at radius 1 is 0.889 bits per heavy atom. The van der Waals surface area contributed by atoms with Crippen LogP contribution in [0.5, 0.6) is 5.75 Å². The Kier molecular flexibility index (Phi) is 4.03. The van der Waals surface area contributed by atoms with Gasteiger partial charge in [0.15, 0.2) is 0 Å². The fourth-order valence-electron chi connectivity index (χ4n) is 2.08. The summed E-state index contributed by atoms with van der Waals surface area (Å²) in [5.41, 5.74) is 5.14. The highest BCUT2D eigenvalue weighted by atomic mass is 16.5. The van der Waals surface area contributed by atoms with Crippen LogP contribution < -0.4 is 4.74 Å². The Labute approximate surface area is 109 Å². The summed E-state index contributed by atoms with van der Waals surface area (Å²) in [4.78, 5) is 0. The average Bonchev–Trinajstić information content (AvgIpc) is 2.41. The number of benzene rings is 2. The molecule has 0 aliphatic rings. The molecule has 0 fully saturated rings. The lowest BCUT2D eigenvalue weighted by Crippen LogP contribution is -2.01. The van der Waals surface area contributed by atoms with Crippen molar-refractivity contribution in [1.82, 2.24) is 0 Å². The number of ether oxygens (including phenoxy) is 1. The van der Waals surface area contributed by atoms with Gasteiger partial charge in [0.2, 0.25) is 0 Å². The molecule has 0 radical (unpaired) electrons. The van der Waals surface area contributed by atoms with Crippen LogP contribution in [-0.4, -0.2) is 0 Å². The molecule has 0 unspecified atom stereocenters. The Morgan fingerprint density at radius 3 is 2.33 bits per heavy atom. The van der Waals surface area contributed by atoms with Crippen LogP contribution in [0.1, 0.15) is 29.2 Å². The van der Waals surface area contributed by atoms with Gasteiger partial charge in [-0.2, -0.15) is 0 Å². The molecule has 0 aliphatic heterocycles. The zero-order chi connectivity index (χ0) is 13.0. The van der Waals surface area contributed by atoms with E-state index in [-0.39, 0.29) is 0 Å². The molecule has 2 rings (SSSR count). The summed E-state index contributed by atoms with van der Waals surface area (Å²) in [6.45, 7) is 7.05. The van der Waals surface area contributed by atoms with E-state index in [2.05, 4.69) is 51.1 Å². The van der Waals surface area contributed by atoms with E-state index in [4.69, 9.17) is 4.74 Å². The van der Waals surface area contributed by atoms with Crippen LogP contribution in [0.3, 0.4) is 0 Å². The molecule has 0 bridgehead atoms. The van der Waals surface area contributed by atoms with Crippen LogP contribution in [0.2, 0.25) is 0 Å². The zero-order valence-electron chi connectivity index (χ0n) is 11.4. The van der Waals surface area contributed by atoms with E-state index in [0.717, 1.165) is 12.2 Å². The first-order valence-corrected chi connectivity index (χ1v) is 6.48. The van der Waals surface area contributed by atoms with Crippen molar-refractivity contribution in [3.05, 3.63) is 64.7 Å². The third kappa shape index (κ3) is 2.73. The van der Waals surface area contributed by atoms with Crippen molar-refractivity contribution in [2.75, 3.05) is 0 Å². The summed E-state index contributed by atoms with van der Waals surface area (Å²) in [5, 5.41) is 0. The van der Waals surface area contributed by atoms with Crippen molar-refractivity contribution < 1.29 is 4.74 Å². The number of rotatable bonds is 4. The van der Waals surface area contributed by atoms with Crippen LogP contribution in [-0.2, 0) is 13.0 Å². The summed E-state index contributed by atoms with van der Waals surface area (Å²) in [6, 6.07) is 14.7. The SMILES string of the molecule is CCc1ccccc1COc1cccc(C)c1C. The smallest absolute Gasteiger partial charge is 0.122 e. The molecule has 94 valence electrons. The van der Waals surface area contributed by atoms with E-state index in [1.165, 1.54) is 22.3 Å². The van der Waals surface area contributed by atoms with Crippen molar-refractivity contribution in [2.24, 2.45) is 0 Å². The highest BCUT2D eigenvalue weighted by molar-refractivity contribution is 5.38. The number of hydrogen-bond donors (Lipinski definition) is 0. The molecule has 18 heavy (non-hydrogen) atoms. The van der Waals surface area contributed by atoms with Gasteiger partial charge in [0, 0.05) is 0 Å². The lowest BCUT2D eigenvalue weighted by atomic mass is 10.1. The van der Waals surface area contributed by atoms with Gasteiger partial charge in [0.25, 0.3) is 0 Å². The second-order valence-electron chi connectivity index (χ2n) is 4.61. The van der Waals surface area contributed by atoms with E-state index in [0.29, 0.717) is 6.61 Å². The maximum absolute atomic E-state index is 5.95. The van der Waals surface area contributed by atoms with Crippen molar-refractivity contribution in [3.63, 3.8) is 0 Å². The fraction of sp³-hybridized carbons (Fsp3) is 0.294. The number of aryl methyl sites for hydroxylation is 2. The van der Waals surface area contributed by atoms with Gasteiger partial charge in [-0.1, -0.05) is 43.3 Å². The largest absolute Gasteiger partial charge is 0.489 e. The molecule has 0 aliphatic carbocycles. The van der Waals surface area contributed by atoms with Crippen LogP contribution in [0.4, 0.5) is 0 Å². The minimum atomic E-state index is 0.647. The Bertz CT molecular complexity index is 529. The van der Waals surface area contributed by atoms with Crippen molar-refractivity contribution in [3.8, 4) is 5.75 Å². The lowest BCUT2D eigenvalue weighted by molar-refractivity contribution is 0.302. The zero-order valence-corrected chi connectivity index (χ0v) is 11.4.